The summed E-state index contributed by atoms with van der Waals surface area (Å²) in [7, 11) is 0. The number of alkyl halides is 3. The summed E-state index contributed by atoms with van der Waals surface area (Å²) < 4.78 is 42.9. The molecule has 1 heterocycles. The van der Waals surface area contributed by atoms with E-state index in [0.29, 0.717) is 13.1 Å². The number of halogens is 3. The normalized spacial score (nSPS) is 11.5. The van der Waals surface area contributed by atoms with Gasteiger partial charge in [0, 0.05) is 24.0 Å². The molecule has 0 unspecified atom stereocenters. The van der Waals surface area contributed by atoms with Gasteiger partial charge in [-0.2, -0.15) is 17.5 Å². The maximum atomic E-state index is 12.5. The summed E-state index contributed by atoms with van der Waals surface area (Å²) >= 11 is 1.39. The molecule has 130 valence electrons. The maximum absolute atomic E-state index is 12.5. The predicted molar refractivity (Wildman–Crippen MR) is 91.9 cm³/mol. The van der Waals surface area contributed by atoms with Crippen molar-refractivity contribution in [2.75, 3.05) is 18.4 Å². The van der Waals surface area contributed by atoms with Gasteiger partial charge in [0.2, 0.25) is 0 Å². The van der Waals surface area contributed by atoms with Crippen LogP contribution in [0.5, 0.6) is 0 Å². The van der Waals surface area contributed by atoms with Crippen LogP contribution in [0, 0.1) is 0 Å². The average Bonchev–Trinajstić information content (AvgIpc) is 3.01. The van der Waals surface area contributed by atoms with Gasteiger partial charge in [0.1, 0.15) is 5.82 Å². The summed E-state index contributed by atoms with van der Waals surface area (Å²) in [4.78, 5) is 11.9. The number of aromatic nitrogens is 1. The number of hydrogen-bond donors (Lipinski definition) is 2. The maximum Gasteiger partial charge on any atom is 0.416 e. The number of nitrogens with zero attached hydrogens (tertiary/aromatic N) is 1. The van der Waals surface area contributed by atoms with E-state index in [0.717, 1.165) is 28.0 Å². The third kappa shape index (κ3) is 4.08. The first-order valence-corrected chi connectivity index (χ1v) is 8.26. The SMILES string of the molecule is O=C(NCCNc1nsc2ccccc12)c1ccc(C(F)(F)F)cc1. The van der Waals surface area contributed by atoms with Crippen LogP contribution in [0.25, 0.3) is 10.1 Å². The van der Waals surface area contributed by atoms with E-state index in [1.54, 1.807) is 0 Å². The molecule has 1 amide bonds. The second kappa shape index (κ2) is 7.10. The molecule has 3 rings (SSSR count). The number of carbonyl (C=O) groups is 1. The fourth-order valence-electron chi connectivity index (χ4n) is 2.28. The van der Waals surface area contributed by atoms with Crippen LogP contribution in [0.3, 0.4) is 0 Å². The number of anilines is 1. The zero-order valence-electron chi connectivity index (χ0n) is 12.9. The zero-order valence-corrected chi connectivity index (χ0v) is 13.7. The number of hydrogen-bond acceptors (Lipinski definition) is 4. The molecule has 0 fully saturated rings. The lowest BCUT2D eigenvalue weighted by Gasteiger charge is -2.09. The Bertz CT molecular complexity index is 875. The van der Waals surface area contributed by atoms with Crippen molar-refractivity contribution in [1.82, 2.24) is 9.69 Å². The Morgan fingerprint density at radius 2 is 1.76 bits per heavy atom. The molecule has 0 aliphatic carbocycles. The molecule has 0 bridgehead atoms. The highest BCUT2D eigenvalue weighted by molar-refractivity contribution is 7.13. The highest BCUT2D eigenvalue weighted by Crippen LogP contribution is 2.29. The van der Waals surface area contributed by atoms with Gasteiger partial charge in [0.05, 0.1) is 10.3 Å². The minimum Gasteiger partial charge on any atom is -0.367 e. The van der Waals surface area contributed by atoms with E-state index in [-0.39, 0.29) is 5.56 Å². The third-order valence-corrected chi connectivity index (χ3v) is 4.38. The average molecular weight is 365 g/mol. The van der Waals surface area contributed by atoms with Crippen LogP contribution in [0.15, 0.2) is 48.5 Å². The van der Waals surface area contributed by atoms with Crippen molar-refractivity contribution in [3.63, 3.8) is 0 Å². The number of rotatable bonds is 5. The summed E-state index contributed by atoms with van der Waals surface area (Å²) in [5, 5.41) is 6.82. The predicted octanol–water partition coefficient (Wildman–Crippen LogP) is 4.16. The van der Waals surface area contributed by atoms with Crippen molar-refractivity contribution in [3.05, 3.63) is 59.7 Å². The van der Waals surface area contributed by atoms with E-state index in [1.807, 2.05) is 24.3 Å². The smallest absolute Gasteiger partial charge is 0.367 e. The molecule has 0 spiro atoms. The van der Waals surface area contributed by atoms with Crippen molar-refractivity contribution in [1.29, 1.82) is 0 Å². The molecule has 2 N–H and O–H groups in total. The van der Waals surface area contributed by atoms with Crippen LogP contribution in [0.1, 0.15) is 15.9 Å². The van der Waals surface area contributed by atoms with E-state index < -0.39 is 17.6 Å². The van der Waals surface area contributed by atoms with Gasteiger partial charge >= 0.3 is 6.18 Å². The molecule has 25 heavy (non-hydrogen) atoms. The molecule has 4 nitrogen and oxygen atoms in total. The molecular weight excluding hydrogens is 351 g/mol. The molecule has 8 heteroatoms. The molecule has 0 aliphatic rings. The quantitative estimate of drug-likeness (QED) is 0.668. The minimum atomic E-state index is -4.41. The van der Waals surface area contributed by atoms with E-state index in [9.17, 15) is 18.0 Å². The van der Waals surface area contributed by atoms with Gasteiger partial charge in [0.25, 0.3) is 5.91 Å². The fraction of sp³-hybridized carbons (Fsp3) is 0.176. The monoisotopic (exact) mass is 365 g/mol. The van der Waals surface area contributed by atoms with E-state index >= 15 is 0 Å². The van der Waals surface area contributed by atoms with Gasteiger partial charge in [-0.15, -0.1) is 0 Å². The third-order valence-electron chi connectivity index (χ3n) is 3.55. The summed E-state index contributed by atoms with van der Waals surface area (Å²) in [6.07, 6.45) is -4.41. The van der Waals surface area contributed by atoms with Crippen LogP contribution in [0.4, 0.5) is 19.0 Å². The summed E-state index contributed by atoms with van der Waals surface area (Å²) in [5.41, 5.74) is -0.590. The number of nitrogens with one attached hydrogen (secondary N) is 2. The molecule has 3 aromatic rings. The largest absolute Gasteiger partial charge is 0.416 e. The van der Waals surface area contributed by atoms with E-state index in [2.05, 4.69) is 15.0 Å². The molecule has 2 aromatic carbocycles. The van der Waals surface area contributed by atoms with Gasteiger partial charge in [0.15, 0.2) is 0 Å². The zero-order chi connectivity index (χ0) is 17.9. The first-order valence-electron chi connectivity index (χ1n) is 7.49. The van der Waals surface area contributed by atoms with Crippen molar-refractivity contribution in [2.45, 2.75) is 6.18 Å². The Kier molecular flexibility index (Phi) is 4.89. The molecule has 0 saturated carbocycles. The molecular formula is C17H14F3N3OS. The van der Waals surface area contributed by atoms with Crippen molar-refractivity contribution in [3.8, 4) is 0 Å². The van der Waals surface area contributed by atoms with Crippen LogP contribution in [0.2, 0.25) is 0 Å². The van der Waals surface area contributed by atoms with Gasteiger partial charge in [-0.25, -0.2) is 0 Å². The molecule has 0 aliphatic heterocycles. The van der Waals surface area contributed by atoms with Crippen molar-refractivity contribution in [2.24, 2.45) is 0 Å². The van der Waals surface area contributed by atoms with Gasteiger partial charge in [-0.05, 0) is 47.9 Å². The highest BCUT2D eigenvalue weighted by Gasteiger charge is 2.30. The van der Waals surface area contributed by atoms with Crippen molar-refractivity contribution >= 4 is 33.3 Å². The first kappa shape index (κ1) is 17.2. The van der Waals surface area contributed by atoms with Crippen LogP contribution in [-0.4, -0.2) is 23.4 Å². The summed E-state index contributed by atoms with van der Waals surface area (Å²) in [6, 6.07) is 11.9. The number of benzene rings is 2. The number of carbonyl (C=O) groups excluding carboxylic acids is 1. The minimum absolute atomic E-state index is 0.187. The standard InChI is InChI=1S/C17H14F3N3OS/c18-17(19,20)12-7-5-11(6-8-12)16(24)22-10-9-21-15-13-3-1-2-4-14(13)25-23-15/h1-8H,9-10H2,(H,21,23)(H,22,24). The number of amides is 1. The Morgan fingerprint density at radius 3 is 2.48 bits per heavy atom. The molecule has 0 atom stereocenters. The molecule has 1 aromatic heterocycles. The molecule has 0 radical (unpaired) electrons. The van der Waals surface area contributed by atoms with Crippen molar-refractivity contribution < 1.29 is 18.0 Å². The van der Waals surface area contributed by atoms with Gasteiger partial charge < -0.3 is 10.6 Å². The van der Waals surface area contributed by atoms with Crippen LogP contribution < -0.4 is 10.6 Å². The Morgan fingerprint density at radius 1 is 1.04 bits per heavy atom. The molecule has 0 saturated heterocycles. The number of fused-ring (bicyclic) bond motifs is 1. The topological polar surface area (TPSA) is 54.0 Å². The first-order chi connectivity index (χ1) is 11.9. The Labute approximate surface area is 145 Å². The lowest BCUT2D eigenvalue weighted by atomic mass is 10.1. The van der Waals surface area contributed by atoms with Gasteiger partial charge in [-0.1, -0.05) is 12.1 Å². The van der Waals surface area contributed by atoms with Crippen LogP contribution >= 0.6 is 11.5 Å². The Balaban J connectivity index is 1.51. The summed E-state index contributed by atoms with van der Waals surface area (Å²) in [5.74, 6) is 0.336. The highest BCUT2D eigenvalue weighted by atomic mass is 32.1. The second-order valence-corrected chi connectivity index (χ2v) is 6.09. The lowest BCUT2D eigenvalue weighted by molar-refractivity contribution is -0.137. The summed E-state index contributed by atoms with van der Waals surface area (Å²) in [6.45, 7) is 0.784. The fourth-order valence-corrected chi connectivity index (χ4v) is 3.04. The lowest BCUT2D eigenvalue weighted by Crippen LogP contribution is -2.28. The van der Waals surface area contributed by atoms with Gasteiger partial charge in [-0.3, -0.25) is 4.79 Å². The van der Waals surface area contributed by atoms with E-state index in [4.69, 9.17) is 0 Å². The Hall–Kier alpha value is -2.61. The second-order valence-electron chi connectivity index (χ2n) is 5.29. The van der Waals surface area contributed by atoms with E-state index in [1.165, 1.54) is 23.7 Å². The van der Waals surface area contributed by atoms with Crippen LogP contribution in [-0.2, 0) is 6.18 Å².